The Morgan fingerprint density at radius 1 is 0.712 bits per heavy atom. The Morgan fingerprint density at radius 3 is 1.52 bits per heavy atom. The molecule has 406 valence electrons. The van der Waals surface area contributed by atoms with Crippen LogP contribution in [0.25, 0.3) is 0 Å². The Bertz CT molecular complexity index is 2060. The van der Waals surface area contributed by atoms with Gasteiger partial charge in [-0.05, 0) is 198 Å². The summed E-state index contributed by atoms with van der Waals surface area (Å²) in [4.78, 5) is 38.7. The van der Waals surface area contributed by atoms with Crippen LogP contribution in [0.3, 0.4) is 0 Å². The maximum absolute atomic E-state index is 13.3. The average molecular weight is 1140 g/mol. The summed E-state index contributed by atoms with van der Waals surface area (Å²) in [6.07, 6.45) is 23.6. The van der Waals surface area contributed by atoms with Crippen LogP contribution in [0.1, 0.15) is 171 Å². The van der Waals surface area contributed by atoms with Crippen LogP contribution in [0.2, 0.25) is 0 Å². The van der Waals surface area contributed by atoms with Crippen molar-refractivity contribution in [3.05, 3.63) is 23.8 Å². The number of Topliss-reactive ketones (excluding diaryl/α,β-unsaturated/α-hetero) is 2. The van der Waals surface area contributed by atoms with Gasteiger partial charge in [0.1, 0.15) is 12.3 Å². The molecule has 2 aromatic rings. The van der Waals surface area contributed by atoms with Crippen molar-refractivity contribution in [2.75, 3.05) is 32.8 Å². The number of ketones is 2. The average Bonchev–Trinajstić information content (AvgIpc) is 4.13. The van der Waals surface area contributed by atoms with E-state index in [0.717, 1.165) is 98.8 Å². The number of alkyl halides is 1. The number of aromatic nitrogens is 6. The minimum absolute atomic E-state index is 0. The third kappa shape index (κ3) is 14.2. The smallest absolute Gasteiger partial charge is 1.00 e. The molecule has 0 amide bonds. The van der Waals surface area contributed by atoms with Crippen LogP contribution in [0.4, 0.5) is 0 Å². The summed E-state index contributed by atoms with van der Waals surface area (Å²) in [6.45, 7) is 14.8. The zero-order valence-corrected chi connectivity index (χ0v) is 52.8. The van der Waals surface area contributed by atoms with Gasteiger partial charge in [0.2, 0.25) is 0 Å². The largest absolute Gasteiger partial charge is 1.00 e. The van der Waals surface area contributed by atoms with E-state index in [-0.39, 0.29) is 148 Å². The fourth-order valence-corrected chi connectivity index (χ4v) is 18.0. The summed E-state index contributed by atoms with van der Waals surface area (Å²) >= 11 is 3.43. The molecule has 10 rings (SSSR count). The molecule has 18 heteroatoms. The van der Waals surface area contributed by atoms with Crippen LogP contribution in [0.15, 0.2) is 12.4 Å². The van der Waals surface area contributed by atoms with Crippen LogP contribution in [-0.4, -0.2) is 103 Å². The van der Waals surface area contributed by atoms with E-state index in [2.05, 4.69) is 74.1 Å². The van der Waals surface area contributed by atoms with Gasteiger partial charge < -0.3 is 31.3 Å². The Labute approximate surface area is 533 Å². The molecular weight excluding hydrogens is 1050 g/mol. The monoisotopic (exact) mass is 1140 g/mol. The summed E-state index contributed by atoms with van der Waals surface area (Å²) in [6, 6.07) is 0. The van der Waals surface area contributed by atoms with Crippen molar-refractivity contribution < 1.29 is 148 Å². The number of halogens is 1. The third-order valence-corrected chi connectivity index (χ3v) is 21.5. The van der Waals surface area contributed by atoms with Gasteiger partial charge in [-0.15, -0.1) is 0 Å². The van der Waals surface area contributed by atoms with Gasteiger partial charge in [-0.2, -0.15) is 30.4 Å². The SMILES string of the molecule is C.C.COC[C@@]1(O)CC[C@@]2(C)[C@@H](CC[C@@H]3[C@@H]2CC[C@]2(C)[C@@H](C(=O)CBr)CC[C@@H]32)C1.COC[C@@]1(O)CC[C@@]2(C)[C@@H](CC[C@@H]3[C@@H]2CC[C@]2(C)[C@@H](C(=O)Cn4ncc(C)n4)CC[C@@H]32)C1.Cc1cn[nH]n1.O=CO[O-].[H-].[K+].[K+]. The van der Waals surface area contributed by atoms with E-state index in [1.807, 2.05) is 13.8 Å². The van der Waals surface area contributed by atoms with Crippen molar-refractivity contribution in [3.63, 3.8) is 0 Å². The minimum atomic E-state index is -0.640. The minimum Gasteiger partial charge on any atom is -1.00 e. The van der Waals surface area contributed by atoms with E-state index >= 15 is 0 Å². The van der Waals surface area contributed by atoms with E-state index in [4.69, 9.17) is 19.5 Å². The Hall–Kier alpha value is 0.643. The number of carbonyl (C=O) groups is 3. The number of hydrogen-bond acceptors (Lipinski definition) is 13. The van der Waals surface area contributed by atoms with Gasteiger partial charge >= 0.3 is 103 Å². The van der Waals surface area contributed by atoms with Crippen LogP contribution >= 0.6 is 15.9 Å². The molecule has 0 aromatic carbocycles. The molecule has 0 bridgehead atoms. The predicted octanol–water partition coefficient (Wildman–Crippen LogP) is 3.12. The second-order valence-corrected chi connectivity index (χ2v) is 24.8. The summed E-state index contributed by atoms with van der Waals surface area (Å²) < 4.78 is 10.7. The third-order valence-electron chi connectivity index (χ3n) is 20.9. The Kier molecular flexibility index (Phi) is 26.4. The van der Waals surface area contributed by atoms with Crippen molar-refractivity contribution in [1.82, 2.24) is 30.4 Å². The molecule has 0 aliphatic heterocycles. The number of ether oxygens (including phenoxy) is 2. The molecule has 15 nitrogen and oxygen atoms in total. The van der Waals surface area contributed by atoms with Crippen molar-refractivity contribution >= 4 is 34.0 Å². The number of aliphatic hydroxyl groups is 2. The molecule has 8 fully saturated rings. The number of methoxy groups -OCH3 is 2. The number of carbonyl (C=O) groups excluding carboxylic acids is 3. The van der Waals surface area contributed by atoms with Gasteiger partial charge in [0, 0.05) is 26.1 Å². The number of nitrogens with zero attached hydrogens (tertiary/aromatic N) is 5. The molecule has 0 saturated heterocycles. The number of nitrogens with one attached hydrogen (secondary N) is 1. The van der Waals surface area contributed by atoms with E-state index in [1.165, 1.54) is 57.8 Å². The van der Waals surface area contributed by atoms with Crippen molar-refractivity contribution in [3.8, 4) is 0 Å². The quantitative estimate of drug-likeness (QED) is 0.103. The van der Waals surface area contributed by atoms with Crippen LogP contribution in [0, 0.1) is 94.7 Å². The van der Waals surface area contributed by atoms with Crippen molar-refractivity contribution in [2.24, 2.45) is 80.8 Å². The van der Waals surface area contributed by atoms with Gasteiger partial charge in [-0.3, -0.25) is 14.4 Å². The second kappa shape index (κ2) is 28.4. The zero-order chi connectivity index (χ0) is 50.0. The fourth-order valence-electron chi connectivity index (χ4n) is 17.6. The van der Waals surface area contributed by atoms with Gasteiger partial charge in [0.25, 0.3) is 6.47 Å². The van der Waals surface area contributed by atoms with E-state index in [9.17, 15) is 19.8 Å². The molecule has 3 N–H and O–H groups in total. The first kappa shape index (κ1) is 67.9. The molecule has 8 aliphatic rings. The molecule has 73 heavy (non-hydrogen) atoms. The summed E-state index contributed by atoms with van der Waals surface area (Å²) in [5.74, 6) is 6.78. The summed E-state index contributed by atoms with van der Waals surface area (Å²) in [5.41, 5.74) is 1.56. The van der Waals surface area contributed by atoms with Gasteiger partial charge in [-0.25, -0.2) is 0 Å². The predicted molar refractivity (Wildman–Crippen MR) is 275 cm³/mol. The summed E-state index contributed by atoms with van der Waals surface area (Å²) in [7, 11) is 3.40. The standard InChI is InChI=1S/C26H41N3O3.C23H37BrO3.C3H5N3.CH2O3.2CH4.2K.H/c1-17-14-27-29(28-17)15-23(30)22-8-7-20-19-6-5-18-13-26(31,16-32-4)12-11-24(18,2)21(19)9-10-25(20,22)3;1-21-10-11-23(26,14-27-3)12-15(21)4-5-16-17-6-7-19(20(25)13-24)22(17,2)9-8-18(16)21;1-3-2-4-6-5-3;2-1-4-3;;;;;/h14,18-22,31H,5-13,15-16H2,1-4H3;15-19,26H,4-14H2,1-3H3;2H,1H3,(H,4,5,6);1,3H;2*1H4;;;/q;;;;;;2*+1;-1/p-1/t18-,19-,20-,21-,22+,24-,25-,26+;15-,16-,17-,18-,19+,21-,22-,23+;;;;;;;/m00......./s1. The number of rotatable bonds is 10. The molecule has 2 heterocycles. The molecule has 0 radical (unpaired) electrons. The van der Waals surface area contributed by atoms with Crippen molar-refractivity contribution in [1.29, 1.82) is 0 Å². The zero-order valence-electron chi connectivity index (χ0n) is 45.9. The van der Waals surface area contributed by atoms with Gasteiger partial charge in [0.15, 0.2) is 5.78 Å². The molecule has 8 aliphatic carbocycles. The molecule has 0 spiro atoms. The number of hydrogen-bond donors (Lipinski definition) is 3. The number of H-pyrrole nitrogens is 1. The van der Waals surface area contributed by atoms with Gasteiger partial charge in [0.05, 0.1) is 53.5 Å². The number of fused-ring (bicyclic) bond motifs is 10. The van der Waals surface area contributed by atoms with Crippen molar-refractivity contribution in [2.45, 2.75) is 190 Å². The normalized spacial score (nSPS) is 40.3. The molecule has 0 unspecified atom stereocenters. The van der Waals surface area contributed by atoms with Gasteiger partial charge in [-0.1, -0.05) is 58.5 Å². The van der Waals surface area contributed by atoms with E-state index in [1.54, 1.807) is 31.4 Å². The Balaban J connectivity index is 0.000000407. The molecule has 8 saturated carbocycles. The maximum atomic E-state index is 13.3. The van der Waals surface area contributed by atoms with Crippen LogP contribution < -0.4 is 108 Å². The molecular formula is C55H93BrK2N6O9. The van der Waals surface area contributed by atoms with Crippen LogP contribution in [-0.2, 0) is 35.3 Å². The topological polar surface area (TPSA) is 215 Å². The Morgan fingerprint density at radius 2 is 1.16 bits per heavy atom. The van der Waals surface area contributed by atoms with Crippen LogP contribution in [0.5, 0.6) is 0 Å². The van der Waals surface area contributed by atoms with E-state index < -0.39 is 11.2 Å². The number of aryl methyl sites for hydroxylation is 2. The first-order valence-electron chi connectivity index (χ1n) is 26.2. The molecule has 16 atom stereocenters. The first-order valence-corrected chi connectivity index (χ1v) is 27.3. The number of aromatic amines is 1. The summed E-state index contributed by atoms with van der Waals surface area (Å²) in [5, 5.41) is 49.3. The van der Waals surface area contributed by atoms with E-state index in [0.29, 0.717) is 65.2 Å². The first-order chi connectivity index (χ1) is 32.8. The second-order valence-electron chi connectivity index (χ2n) is 24.3. The maximum Gasteiger partial charge on any atom is 1.00 e. The molecule has 2 aromatic heterocycles. The fraction of sp³-hybridized carbons (Fsp3) is 0.873.